The summed E-state index contributed by atoms with van der Waals surface area (Å²) in [6, 6.07) is 0.928. The molecule has 0 aromatic carbocycles. The highest BCUT2D eigenvalue weighted by Crippen LogP contribution is 2.35. The molecule has 0 aliphatic heterocycles. The smallest absolute Gasteiger partial charge is 0.327 e. The normalized spacial score (nSPS) is 14.4. The Bertz CT molecular complexity index is 292. The Kier molecular flexibility index (Phi) is 3.55. The molecule has 1 unspecified atom stereocenters. The number of rotatable bonds is 3. The molecule has 0 saturated heterocycles. The highest BCUT2D eigenvalue weighted by molar-refractivity contribution is 7.10. The van der Waals surface area contributed by atoms with Crippen molar-refractivity contribution in [2.45, 2.75) is 32.0 Å². The molecule has 1 aromatic heterocycles. The predicted octanol–water partition coefficient (Wildman–Crippen LogP) is 3.05. The van der Waals surface area contributed by atoms with Crippen molar-refractivity contribution >= 4 is 11.3 Å². The van der Waals surface area contributed by atoms with E-state index < -0.39 is 11.7 Å². The highest BCUT2D eigenvalue weighted by Gasteiger charge is 2.34. The van der Waals surface area contributed by atoms with E-state index in [0.29, 0.717) is 17.7 Å². The van der Waals surface area contributed by atoms with Gasteiger partial charge in [0.1, 0.15) is 0 Å². The van der Waals surface area contributed by atoms with Crippen molar-refractivity contribution in [2.24, 2.45) is 5.73 Å². The largest absolute Gasteiger partial charge is 0.417 e. The van der Waals surface area contributed by atoms with Gasteiger partial charge in [-0.1, -0.05) is 6.92 Å². The molecule has 0 amide bonds. The molecule has 0 saturated carbocycles. The average molecular weight is 223 g/mol. The molecule has 0 aliphatic carbocycles. The summed E-state index contributed by atoms with van der Waals surface area (Å²) in [5, 5.41) is 1.46. The van der Waals surface area contributed by atoms with Crippen LogP contribution in [0.2, 0.25) is 0 Å². The van der Waals surface area contributed by atoms with Crippen molar-refractivity contribution in [3.05, 3.63) is 21.9 Å². The van der Waals surface area contributed by atoms with E-state index in [1.54, 1.807) is 0 Å². The van der Waals surface area contributed by atoms with Gasteiger partial charge in [0, 0.05) is 10.9 Å². The molecular weight excluding hydrogens is 211 g/mol. The molecule has 0 fully saturated rings. The molecule has 5 heteroatoms. The van der Waals surface area contributed by atoms with Crippen LogP contribution in [-0.4, -0.2) is 6.04 Å². The van der Waals surface area contributed by atoms with Crippen molar-refractivity contribution in [2.75, 3.05) is 0 Å². The summed E-state index contributed by atoms with van der Waals surface area (Å²) in [7, 11) is 0. The molecule has 0 aliphatic rings. The van der Waals surface area contributed by atoms with E-state index in [2.05, 4.69) is 0 Å². The van der Waals surface area contributed by atoms with Gasteiger partial charge < -0.3 is 5.73 Å². The van der Waals surface area contributed by atoms with Gasteiger partial charge in [0.2, 0.25) is 0 Å². The van der Waals surface area contributed by atoms with Gasteiger partial charge >= 0.3 is 6.18 Å². The molecule has 1 heterocycles. The SMILES string of the molecule is CCC(N)Cc1sccc1C(F)(F)F. The van der Waals surface area contributed by atoms with Gasteiger partial charge in [-0.15, -0.1) is 11.3 Å². The fourth-order valence-corrected chi connectivity index (χ4v) is 2.12. The quantitative estimate of drug-likeness (QED) is 0.837. The first-order chi connectivity index (χ1) is 6.45. The van der Waals surface area contributed by atoms with Crippen molar-refractivity contribution < 1.29 is 13.2 Å². The fraction of sp³-hybridized carbons (Fsp3) is 0.556. The first-order valence-electron chi connectivity index (χ1n) is 4.34. The molecule has 1 nitrogen and oxygen atoms in total. The Hall–Kier alpha value is -0.550. The van der Waals surface area contributed by atoms with E-state index in [9.17, 15) is 13.2 Å². The summed E-state index contributed by atoms with van der Waals surface area (Å²) in [5.41, 5.74) is 5.08. The Balaban J connectivity index is 2.83. The van der Waals surface area contributed by atoms with Crippen LogP contribution in [0.4, 0.5) is 13.2 Å². The third-order valence-electron chi connectivity index (χ3n) is 2.02. The minimum atomic E-state index is -4.25. The van der Waals surface area contributed by atoms with Crippen LogP contribution < -0.4 is 5.73 Å². The molecule has 0 spiro atoms. The van der Waals surface area contributed by atoms with Crippen molar-refractivity contribution in [1.82, 2.24) is 0 Å². The molecule has 1 atom stereocenters. The second-order valence-electron chi connectivity index (χ2n) is 3.13. The number of halogens is 3. The summed E-state index contributed by atoms with van der Waals surface area (Å²) < 4.78 is 37.2. The maximum atomic E-state index is 12.4. The molecule has 2 N–H and O–H groups in total. The third-order valence-corrected chi connectivity index (χ3v) is 2.97. The van der Waals surface area contributed by atoms with Crippen LogP contribution in [0.15, 0.2) is 11.4 Å². The van der Waals surface area contributed by atoms with Crippen LogP contribution in [0.1, 0.15) is 23.8 Å². The third kappa shape index (κ3) is 2.72. The van der Waals surface area contributed by atoms with Crippen LogP contribution in [0.3, 0.4) is 0 Å². The first-order valence-corrected chi connectivity index (χ1v) is 5.22. The number of hydrogen-bond donors (Lipinski definition) is 1. The topological polar surface area (TPSA) is 26.0 Å². The summed E-state index contributed by atoms with van der Waals surface area (Å²) in [5.74, 6) is 0. The van der Waals surface area contributed by atoms with Gasteiger partial charge in [-0.3, -0.25) is 0 Å². The van der Waals surface area contributed by atoms with Crippen LogP contribution in [-0.2, 0) is 12.6 Å². The second kappa shape index (κ2) is 4.31. The van der Waals surface area contributed by atoms with Crippen LogP contribution in [0.25, 0.3) is 0 Å². The Morgan fingerprint density at radius 3 is 2.64 bits per heavy atom. The lowest BCUT2D eigenvalue weighted by Crippen LogP contribution is -2.22. The Morgan fingerprint density at radius 1 is 1.50 bits per heavy atom. The van der Waals surface area contributed by atoms with Crippen molar-refractivity contribution in [3.8, 4) is 0 Å². The Morgan fingerprint density at radius 2 is 2.14 bits per heavy atom. The second-order valence-corrected chi connectivity index (χ2v) is 4.13. The lowest BCUT2D eigenvalue weighted by Gasteiger charge is -2.11. The first kappa shape index (κ1) is 11.5. The van der Waals surface area contributed by atoms with Gasteiger partial charge in [-0.2, -0.15) is 13.2 Å². The zero-order chi connectivity index (χ0) is 10.8. The number of nitrogens with two attached hydrogens (primary N) is 1. The van der Waals surface area contributed by atoms with Gasteiger partial charge in [0.25, 0.3) is 0 Å². The lowest BCUT2D eigenvalue weighted by molar-refractivity contribution is -0.137. The number of alkyl halides is 3. The van der Waals surface area contributed by atoms with Gasteiger partial charge in [-0.05, 0) is 24.3 Å². The molecular formula is C9H12F3NS. The molecule has 0 radical (unpaired) electrons. The monoisotopic (exact) mass is 223 g/mol. The van der Waals surface area contributed by atoms with Gasteiger partial charge in [0.05, 0.1) is 5.56 Å². The van der Waals surface area contributed by atoms with Crippen LogP contribution in [0.5, 0.6) is 0 Å². The Labute approximate surface area is 84.7 Å². The number of thiophene rings is 1. The minimum Gasteiger partial charge on any atom is -0.327 e. The summed E-state index contributed by atoms with van der Waals surface area (Å²) in [6.07, 6.45) is -3.25. The summed E-state index contributed by atoms with van der Waals surface area (Å²) >= 11 is 1.12. The molecule has 0 bridgehead atoms. The minimum absolute atomic E-state index is 0.185. The maximum absolute atomic E-state index is 12.4. The molecule has 1 rings (SSSR count). The van der Waals surface area contributed by atoms with Gasteiger partial charge in [0.15, 0.2) is 0 Å². The van der Waals surface area contributed by atoms with Crippen molar-refractivity contribution in [1.29, 1.82) is 0 Å². The summed E-state index contributed by atoms with van der Waals surface area (Å²) in [4.78, 5) is 0.340. The maximum Gasteiger partial charge on any atom is 0.417 e. The zero-order valence-electron chi connectivity index (χ0n) is 7.77. The molecule has 80 valence electrons. The van der Waals surface area contributed by atoms with Crippen molar-refractivity contribution in [3.63, 3.8) is 0 Å². The number of hydrogen-bond acceptors (Lipinski definition) is 2. The molecule has 14 heavy (non-hydrogen) atoms. The van der Waals surface area contributed by atoms with E-state index in [1.165, 1.54) is 5.38 Å². The van der Waals surface area contributed by atoms with Gasteiger partial charge in [-0.25, -0.2) is 0 Å². The van der Waals surface area contributed by atoms with E-state index in [1.807, 2.05) is 6.92 Å². The summed E-state index contributed by atoms with van der Waals surface area (Å²) in [6.45, 7) is 1.87. The van der Waals surface area contributed by atoms with Crippen LogP contribution in [0, 0.1) is 0 Å². The molecule has 1 aromatic rings. The van der Waals surface area contributed by atoms with E-state index in [4.69, 9.17) is 5.73 Å². The fourth-order valence-electron chi connectivity index (χ4n) is 1.13. The highest BCUT2D eigenvalue weighted by atomic mass is 32.1. The predicted molar refractivity (Wildman–Crippen MR) is 51.3 cm³/mol. The average Bonchev–Trinajstić information content (AvgIpc) is 2.51. The standard InChI is InChI=1S/C9H12F3NS/c1-2-6(13)5-8-7(3-4-14-8)9(10,11)12/h3-4,6H,2,5,13H2,1H3. The van der Waals surface area contributed by atoms with Crippen LogP contribution >= 0.6 is 11.3 Å². The zero-order valence-corrected chi connectivity index (χ0v) is 8.58. The van der Waals surface area contributed by atoms with E-state index in [-0.39, 0.29) is 6.04 Å². The van der Waals surface area contributed by atoms with E-state index in [0.717, 1.165) is 17.4 Å². The lowest BCUT2D eigenvalue weighted by atomic mass is 10.1. The van der Waals surface area contributed by atoms with E-state index >= 15 is 0 Å².